The van der Waals surface area contributed by atoms with E-state index in [4.69, 9.17) is 23.2 Å². The van der Waals surface area contributed by atoms with Gasteiger partial charge in [-0.3, -0.25) is 4.79 Å². The summed E-state index contributed by atoms with van der Waals surface area (Å²) in [7, 11) is -2.94. The molecule has 2 rings (SSSR count). The molecule has 1 aliphatic rings. The monoisotopic (exact) mass is 336 g/mol. The highest BCUT2D eigenvalue weighted by molar-refractivity contribution is 7.91. The minimum atomic E-state index is -2.94. The van der Waals surface area contributed by atoms with Crippen molar-refractivity contribution < 1.29 is 13.2 Å². The van der Waals surface area contributed by atoms with Crippen molar-refractivity contribution in [3.05, 3.63) is 28.2 Å². The molecule has 1 unspecified atom stereocenters. The zero-order chi connectivity index (χ0) is 14.8. The van der Waals surface area contributed by atoms with Crippen molar-refractivity contribution >= 4 is 44.6 Å². The van der Waals surface area contributed by atoms with Crippen LogP contribution in [-0.2, 0) is 14.6 Å². The van der Waals surface area contributed by atoms with Gasteiger partial charge in [0.05, 0.1) is 28.8 Å². The van der Waals surface area contributed by atoms with Crippen LogP contribution in [-0.4, -0.2) is 38.4 Å². The number of anilines is 1. The van der Waals surface area contributed by atoms with Crippen molar-refractivity contribution in [2.45, 2.75) is 12.5 Å². The second-order valence-corrected chi connectivity index (χ2v) is 7.73. The second kappa shape index (κ2) is 6.30. The van der Waals surface area contributed by atoms with Crippen molar-refractivity contribution in [2.75, 3.05) is 23.4 Å². The smallest absolute Gasteiger partial charge is 0.238 e. The highest BCUT2D eigenvalue weighted by atomic mass is 35.5. The van der Waals surface area contributed by atoms with Gasteiger partial charge in [-0.15, -0.1) is 0 Å². The summed E-state index contributed by atoms with van der Waals surface area (Å²) < 4.78 is 22.6. The Morgan fingerprint density at radius 1 is 1.35 bits per heavy atom. The van der Waals surface area contributed by atoms with Crippen molar-refractivity contribution in [3.63, 3.8) is 0 Å². The second-order valence-electron chi connectivity index (χ2n) is 4.65. The summed E-state index contributed by atoms with van der Waals surface area (Å²) in [6, 6.07) is 4.62. The van der Waals surface area contributed by atoms with Crippen LogP contribution in [0.1, 0.15) is 6.42 Å². The molecule has 0 spiro atoms. The first-order valence-corrected chi connectivity index (χ1v) is 8.62. The minimum Gasteiger partial charge on any atom is -0.324 e. The fraction of sp³-hybridized carbons (Fsp3) is 0.417. The fourth-order valence-electron chi connectivity index (χ4n) is 1.98. The lowest BCUT2D eigenvalue weighted by Gasteiger charge is -2.11. The van der Waals surface area contributed by atoms with Crippen molar-refractivity contribution in [1.82, 2.24) is 5.32 Å². The molecule has 1 fully saturated rings. The van der Waals surface area contributed by atoms with E-state index < -0.39 is 9.84 Å². The predicted octanol–water partition coefficient (Wildman–Crippen LogP) is 1.71. The summed E-state index contributed by atoms with van der Waals surface area (Å²) in [6.07, 6.45) is 0.539. The third-order valence-electron chi connectivity index (χ3n) is 2.99. The van der Waals surface area contributed by atoms with E-state index in [1.54, 1.807) is 12.1 Å². The van der Waals surface area contributed by atoms with Gasteiger partial charge in [-0.2, -0.15) is 0 Å². The number of carbonyl (C=O) groups excluding carboxylic acids is 1. The Kier molecular flexibility index (Phi) is 4.90. The molecule has 0 bridgehead atoms. The van der Waals surface area contributed by atoms with Gasteiger partial charge < -0.3 is 10.6 Å². The topological polar surface area (TPSA) is 75.3 Å². The lowest BCUT2D eigenvalue weighted by atomic mass is 10.2. The van der Waals surface area contributed by atoms with E-state index in [9.17, 15) is 13.2 Å². The molecule has 8 heteroatoms. The van der Waals surface area contributed by atoms with Crippen LogP contribution >= 0.6 is 23.2 Å². The third kappa shape index (κ3) is 4.34. The highest BCUT2D eigenvalue weighted by Gasteiger charge is 2.27. The van der Waals surface area contributed by atoms with Crippen molar-refractivity contribution in [3.8, 4) is 0 Å². The number of amides is 1. The van der Waals surface area contributed by atoms with Gasteiger partial charge in [0.25, 0.3) is 0 Å². The van der Waals surface area contributed by atoms with Crippen LogP contribution in [0.25, 0.3) is 0 Å². The van der Waals surface area contributed by atoms with Crippen LogP contribution < -0.4 is 10.6 Å². The quantitative estimate of drug-likeness (QED) is 0.877. The molecule has 1 amide bonds. The lowest BCUT2D eigenvalue weighted by molar-refractivity contribution is -0.115. The molecule has 1 aromatic rings. The molecule has 0 aliphatic carbocycles. The van der Waals surface area contributed by atoms with Crippen LogP contribution in [0.2, 0.25) is 10.0 Å². The van der Waals surface area contributed by atoms with Gasteiger partial charge in [0, 0.05) is 11.1 Å². The fourth-order valence-corrected chi connectivity index (χ4v) is 4.14. The van der Waals surface area contributed by atoms with Gasteiger partial charge in [-0.1, -0.05) is 23.2 Å². The molecule has 1 atom stereocenters. The molecule has 110 valence electrons. The SMILES string of the molecule is O=C(CNC1CCS(=O)(=O)C1)Nc1ccc(Cl)cc1Cl. The minimum absolute atomic E-state index is 0.0408. The Morgan fingerprint density at radius 2 is 2.10 bits per heavy atom. The molecule has 1 saturated heterocycles. The Balaban J connectivity index is 1.84. The maximum atomic E-state index is 11.8. The van der Waals surface area contributed by atoms with Crippen LogP contribution in [0.4, 0.5) is 5.69 Å². The zero-order valence-electron chi connectivity index (χ0n) is 10.5. The molecular weight excluding hydrogens is 323 g/mol. The van der Waals surface area contributed by atoms with Crippen LogP contribution in [0.3, 0.4) is 0 Å². The van der Waals surface area contributed by atoms with Crippen molar-refractivity contribution in [1.29, 1.82) is 0 Å². The first-order valence-electron chi connectivity index (χ1n) is 6.04. The van der Waals surface area contributed by atoms with Gasteiger partial charge >= 0.3 is 0 Å². The van der Waals surface area contributed by atoms with E-state index in [1.165, 1.54) is 6.07 Å². The summed E-state index contributed by atoms with van der Waals surface area (Å²) in [4.78, 5) is 11.8. The first kappa shape index (κ1) is 15.6. The standard InChI is InChI=1S/C12H14Cl2N2O3S/c13-8-1-2-11(10(14)5-8)16-12(17)6-15-9-3-4-20(18,19)7-9/h1-2,5,9,15H,3-4,6-7H2,(H,16,17). The summed E-state index contributed by atoms with van der Waals surface area (Å²) in [6.45, 7) is 0.0408. The van der Waals surface area contributed by atoms with Crippen LogP contribution in [0.15, 0.2) is 18.2 Å². The number of rotatable bonds is 4. The zero-order valence-corrected chi connectivity index (χ0v) is 12.9. The maximum absolute atomic E-state index is 11.8. The highest BCUT2D eigenvalue weighted by Crippen LogP contribution is 2.25. The number of hydrogen-bond donors (Lipinski definition) is 2. The number of halogens is 2. The van der Waals surface area contributed by atoms with E-state index in [-0.39, 0.29) is 30.0 Å². The van der Waals surface area contributed by atoms with Gasteiger partial charge in [0.2, 0.25) is 5.91 Å². The average Bonchev–Trinajstić information content (AvgIpc) is 2.70. The van der Waals surface area contributed by atoms with Gasteiger partial charge in [0.1, 0.15) is 0 Å². The average molecular weight is 337 g/mol. The Morgan fingerprint density at radius 3 is 2.70 bits per heavy atom. The molecule has 1 heterocycles. The molecule has 1 aliphatic heterocycles. The predicted molar refractivity (Wildman–Crippen MR) is 80.2 cm³/mol. The maximum Gasteiger partial charge on any atom is 0.238 e. The first-order chi connectivity index (χ1) is 9.35. The molecule has 2 N–H and O–H groups in total. The summed E-state index contributed by atoms with van der Waals surface area (Å²) in [5, 5.41) is 6.41. The van der Waals surface area contributed by atoms with E-state index in [0.29, 0.717) is 22.2 Å². The summed E-state index contributed by atoms with van der Waals surface area (Å²) in [5.74, 6) is -0.0180. The molecule has 20 heavy (non-hydrogen) atoms. The molecular formula is C12H14Cl2N2O3S. The largest absolute Gasteiger partial charge is 0.324 e. The molecule has 0 saturated carbocycles. The Labute approximate surface area is 127 Å². The van der Waals surface area contributed by atoms with Gasteiger partial charge in [0.15, 0.2) is 9.84 Å². The van der Waals surface area contributed by atoms with Crippen LogP contribution in [0.5, 0.6) is 0 Å². The van der Waals surface area contributed by atoms with Gasteiger partial charge in [-0.05, 0) is 24.6 Å². The van der Waals surface area contributed by atoms with Gasteiger partial charge in [-0.25, -0.2) is 8.42 Å². The summed E-state index contributed by atoms with van der Waals surface area (Å²) in [5.41, 5.74) is 0.474. The number of sulfone groups is 1. The van der Waals surface area contributed by atoms with Crippen molar-refractivity contribution in [2.24, 2.45) is 0 Å². The third-order valence-corrected chi connectivity index (χ3v) is 5.30. The Bertz CT molecular complexity index is 619. The number of nitrogens with one attached hydrogen (secondary N) is 2. The molecule has 0 radical (unpaired) electrons. The normalized spacial score (nSPS) is 20.8. The van der Waals surface area contributed by atoms with Crippen LogP contribution in [0, 0.1) is 0 Å². The van der Waals surface area contributed by atoms with E-state index in [2.05, 4.69) is 10.6 Å². The lowest BCUT2D eigenvalue weighted by Crippen LogP contribution is -2.36. The van der Waals surface area contributed by atoms with E-state index >= 15 is 0 Å². The molecule has 5 nitrogen and oxygen atoms in total. The van der Waals surface area contributed by atoms with E-state index in [1.807, 2.05) is 0 Å². The molecule has 1 aromatic carbocycles. The number of carbonyl (C=O) groups is 1. The molecule has 0 aromatic heterocycles. The number of benzene rings is 1. The summed E-state index contributed by atoms with van der Waals surface area (Å²) >= 11 is 11.7. The van der Waals surface area contributed by atoms with E-state index in [0.717, 1.165) is 0 Å². The Hall–Kier alpha value is -0.820. The number of hydrogen-bond acceptors (Lipinski definition) is 4.